The summed E-state index contributed by atoms with van der Waals surface area (Å²) in [5, 5.41) is 0. The van der Waals surface area contributed by atoms with Crippen LogP contribution in [-0.4, -0.2) is 0 Å². The zero-order chi connectivity index (χ0) is 17.9. The van der Waals surface area contributed by atoms with Crippen molar-refractivity contribution in [1.82, 2.24) is 0 Å². The zero-order valence-electron chi connectivity index (χ0n) is 14.8. The average Bonchev–Trinajstić information content (AvgIpc) is 2.68. The normalized spacial score (nSPS) is 10.7. The van der Waals surface area contributed by atoms with E-state index < -0.39 is 0 Å². The quantitative estimate of drug-likeness (QED) is 0.421. The van der Waals surface area contributed by atoms with E-state index in [0.717, 1.165) is 11.3 Å². The molecule has 0 unspecified atom stereocenters. The number of hydrogen-bond acceptors (Lipinski definition) is 1. The molecule has 126 valence electrons. The summed E-state index contributed by atoms with van der Waals surface area (Å²) in [7, 11) is 0. The summed E-state index contributed by atoms with van der Waals surface area (Å²) < 4.78 is 0. The van der Waals surface area contributed by atoms with E-state index in [0.29, 0.717) is 0 Å². The third-order valence-corrected chi connectivity index (χ3v) is 4.63. The number of nitrogen functional groups attached to an aromatic ring is 1. The SMILES string of the molecule is Cc1cccc(-c2cccc(-c3cccc(-c4cccc(N)c4)c3)c2)c1. The minimum Gasteiger partial charge on any atom is -0.399 e. The molecule has 0 aliphatic rings. The lowest BCUT2D eigenvalue weighted by Crippen LogP contribution is -1.86. The lowest BCUT2D eigenvalue weighted by Gasteiger charge is -2.09. The molecule has 4 rings (SSSR count). The van der Waals surface area contributed by atoms with Gasteiger partial charge in [0.15, 0.2) is 0 Å². The minimum absolute atomic E-state index is 0.786. The van der Waals surface area contributed by atoms with Crippen LogP contribution >= 0.6 is 0 Å². The summed E-state index contributed by atoms with van der Waals surface area (Å²) in [6.45, 7) is 2.13. The summed E-state index contributed by atoms with van der Waals surface area (Å²) in [5.74, 6) is 0. The van der Waals surface area contributed by atoms with Gasteiger partial charge in [0.05, 0.1) is 0 Å². The Hall–Kier alpha value is -3.32. The lowest BCUT2D eigenvalue weighted by atomic mass is 9.96. The standard InChI is InChI=1S/C25H21N/c1-18-6-2-7-19(14-18)20-8-3-9-21(15-20)22-10-4-11-23(16-22)24-12-5-13-25(26)17-24/h2-17H,26H2,1H3. The third-order valence-electron chi connectivity index (χ3n) is 4.63. The highest BCUT2D eigenvalue weighted by molar-refractivity contribution is 5.77. The largest absolute Gasteiger partial charge is 0.399 e. The molecule has 0 aliphatic carbocycles. The molecule has 0 saturated carbocycles. The van der Waals surface area contributed by atoms with Crippen LogP contribution < -0.4 is 5.73 Å². The van der Waals surface area contributed by atoms with Crippen molar-refractivity contribution < 1.29 is 0 Å². The molecule has 4 aromatic carbocycles. The van der Waals surface area contributed by atoms with Crippen molar-refractivity contribution in [3.8, 4) is 33.4 Å². The first-order valence-electron chi connectivity index (χ1n) is 8.82. The first-order valence-corrected chi connectivity index (χ1v) is 8.82. The van der Waals surface area contributed by atoms with E-state index in [4.69, 9.17) is 5.73 Å². The van der Waals surface area contributed by atoms with Gasteiger partial charge in [-0.1, -0.05) is 78.4 Å². The first-order chi connectivity index (χ1) is 12.7. The van der Waals surface area contributed by atoms with Crippen molar-refractivity contribution in [2.24, 2.45) is 0 Å². The molecule has 4 aromatic rings. The second kappa shape index (κ2) is 6.89. The Bertz CT molecular complexity index is 976. The molecular formula is C25H21N. The fourth-order valence-corrected chi connectivity index (χ4v) is 3.30. The van der Waals surface area contributed by atoms with E-state index in [1.54, 1.807) is 0 Å². The zero-order valence-corrected chi connectivity index (χ0v) is 14.8. The van der Waals surface area contributed by atoms with Crippen molar-refractivity contribution in [2.75, 3.05) is 5.73 Å². The van der Waals surface area contributed by atoms with Crippen LogP contribution in [0, 0.1) is 6.92 Å². The van der Waals surface area contributed by atoms with Gasteiger partial charge < -0.3 is 5.73 Å². The minimum atomic E-state index is 0.786. The Balaban J connectivity index is 1.75. The summed E-state index contributed by atoms with van der Waals surface area (Å²) in [6, 6.07) is 34.0. The highest BCUT2D eigenvalue weighted by Gasteiger charge is 2.04. The van der Waals surface area contributed by atoms with Gasteiger partial charge in [-0.15, -0.1) is 0 Å². The van der Waals surface area contributed by atoms with Gasteiger partial charge in [0.2, 0.25) is 0 Å². The topological polar surface area (TPSA) is 26.0 Å². The number of hydrogen-bond donors (Lipinski definition) is 1. The van der Waals surface area contributed by atoms with Crippen LogP contribution in [0.3, 0.4) is 0 Å². The smallest absolute Gasteiger partial charge is 0.0320 e. The van der Waals surface area contributed by atoms with Gasteiger partial charge in [0.1, 0.15) is 0 Å². The van der Waals surface area contributed by atoms with Crippen LogP contribution in [0.4, 0.5) is 5.69 Å². The lowest BCUT2D eigenvalue weighted by molar-refractivity contribution is 1.47. The van der Waals surface area contributed by atoms with Crippen molar-refractivity contribution in [2.45, 2.75) is 6.92 Å². The molecule has 0 saturated heterocycles. The van der Waals surface area contributed by atoms with Gasteiger partial charge in [0.25, 0.3) is 0 Å². The molecule has 0 atom stereocenters. The second-order valence-electron chi connectivity index (χ2n) is 6.66. The summed E-state index contributed by atoms with van der Waals surface area (Å²) in [5.41, 5.74) is 15.2. The van der Waals surface area contributed by atoms with Crippen LogP contribution in [0.15, 0.2) is 97.1 Å². The van der Waals surface area contributed by atoms with Crippen LogP contribution in [0.2, 0.25) is 0 Å². The number of benzene rings is 4. The van der Waals surface area contributed by atoms with Gasteiger partial charge >= 0.3 is 0 Å². The van der Waals surface area contributed by atoms with Crippen LogP contribution in [0.1, 0.15) is 5.56 Å². The molecule has 0 aliphatic heterocycles. The Morgan fingerprint density at radius 3 is 1.31 bits per heavy atom. The predicted molar refractivity (Wildman–Crippen MR) is 112 cm³/mol. The number of nitrogens with two attached hydrogens (primary N) is 1. The fourth-order valence-electron chi connectivity index (χ4n) is 3.30. The van der Waals surface area contributed by atoms with Crippen molar-refractivity contribution in [3.63, 3.8) is 0 Å². The molecule has 0 radical (unpaired) electrons. The monoisotopic (exact) mass is 335 g/mol. The van der Waals surface area contributed by atoms with Crippen molar-refractivity contribution in [1.29, 1.82) is 0 Å². The van der Waals surface area contributed by atoms with Gasteiger partial charge in [0, 0.05) is 5.69 Å². The Morgan fingerprint density at radius 1 is 0.462 bits per heavy atom. The van der Waals surface area contributed by atoms with E-state index in [1.165, 1.54) is 33.4 Å². The Kier molecular flexibility index (Phi) is 4.28. The van der Waals surface area contributed by atoms with Crippen molar-refractivity contribution >= 4 is 5.69 Å². The van der Waals surface area contributed by atoms with Gasteiger partial charge in [-0.3, -0.25) is 0 Å². The molecule has 0 spiro atoms. The maximum Gasteiger partial charge on any atom is 0.0320 e. The molecule has 26 heavy (non-hydrogen) atoms. The number of anilines is 1. The maximum absolute atomic E-state index is 5.94. The van der Waals surface area contributed by atoms with Crippen LogP contribution in [0.5, 0.6) is 0 Å². The predicted octanol–water partition coefficient (Wildman–Crippen LogP) is 6.58. The van der Waals surface area contributed by atoms with Gasteiger partial charge in [-0.25, -0.2) is 0 Å². The molecule has 0 fully saturated rings. The Morgan fingerprint density at radius 2 is 0.846 bits per heavy atom. The van der Waals surface area contributed by atoms with Gasteiger partial charge in [-0.05, 0) is 64.6 Å². The summed E-state index contributed by atoms with van der Waals surface area (Å²) >= 11 is 0. The second-order valence-corrected chi connectivity index (χ2v) is 6.66. The van der Waals surface area contributed by atoms with E-state index in [-0.39, 0.29) is 0 Å². The molecule has 1 nitrogen and oxygen atoms in total. The van der Waals surface area contributed by atoms with E-state index >= 15 is 0 Å². The van der Waals surface area contributed by atoms with Gasteiger partial charge in [-0.2, -0.15) is 0 Å². The van der Waals surface area contributed by atoms with Crippen molar-refractivity contribution in [3.05, 3.63) is 103 Å². The molecule has 1 heteroatoms. The summed E-state index contributed by atoms with van der Waals surface area (Å²) in [4.78, 5) is 0. The van der Waals surface area contributed by atoms with E-state index in [2.05, 4.69) is 85.8 Å². The van der Waals surface area contributed by atoms with E-state index in [9.17, 15) is 0 Å². The number of aryl methyl sites for hydroxylation is 1. The molecule has 0 aromatic heterocycles. The fraction of sp³-hybridized carbons (Fsp3) is 0.0400. The highest BCUT2D eigenvalue weighted by atomic mass is 14.5. The van der Waals surface area contributed by atoms with E-state index in [1.807, 2.05) is 18.2 Å². The molecule has 0 heterocycles. The van der Waals surface area contributed by atoms with Crippen LogP contribution in [0.25, 0.3) is 33.4 Å². The third kappa shape index (κ3) is 3.38. The number of rotatable bonds is 3. The molecular weight excluding hydrogens is 314 g/mol. The molecule has 0 amide bonds. The molecule has 2 N–H and O–H groups in total. The molecule has 0 bridgehead atoms. The first kappa shape index (κ1) is 16.2. The average molecular weight is 335 g/mol. The maximum atomic E-state index is 5.94. The van der Waals surface area contributed by atoms with Crippen LogP contribution in [-0.2, 0) is 0 Å². The Labute approximate surface area is 154 Å². The highest BCUT2D eigenvalue weighted by Crippen LogP contribution is 2.30. The summed E-state index contributed by atoms with van der Waals surface area (Å²) in [6.07, 6.45) is 0.